The van der Waals surface area contributed by atoms with Crippen LogP contribution < -0.4 is 19.1 Å². The molecule has 0 atom stereocenters. The number of benzene rings is 3. The molecular weight excluding hydrogens is 416 g/mol. The number of rotatable bonds is 6. The molecule has 2 aliphatic heterocycles. The number of nitrogens with zero attached hydrogens (tertiary/aromatic N) is 2. The van der Waals surface area contributed by atoms with E-state index in [1.165, 1.54) is 5.56 Å². The van der Waals surface area contributed by atoms with Crippen molar-refractivity contribution in [1.29, 1.82) is 0 Å². The third-order valence-electron chi connectivity index (χ3n) is 6.23. The standard InChI is InChI=1S/C27H28N2O4/c1-28(27(30)21-7-12-25-26(17-21)32-19-31-25)22-8-10-23(11-9-22)33-24-13-15-29(16-14-24)18-20-5-3-2-4-6-20/h2-12,17,24H,13-16,18-19H2,1H3. The number of fused-ring (bicyclic) bond motifs is 1. The molecule has 1 amide bonds. The summed E-state index contributed by atoms with van der Waals surface area (Å²) in [5, 5.41) is 0. The number of hydrogen-bond acceptors (Lipinski definition) is 5. The first-order valence-corrected chi connectivity index (χ1v) is 11.4. The zero-order valence-corrected chi connectivity index (χ0v) is 18.8. The van der Waals surface area contributed by atoms with Crippen molar-refractivity contribution < 1.29 is 19.0 Å². The molecule has 6 heteroatoms. The molecular formula is C27H28N2O4. The number of anilines is 1. The molecule has 1 fully saturated rings. The van der Waals surface area contributed by atoms with Crippen LogP contribution in [0, 0.1) is 0 Å². The minimum absolute atomic E-state index is 0.104. The lowest BCUT2D eigenvalue weighted by molar-refractivity contribution is 0.0966. The fourth-order valence-corrected chi connectivity index (χ4v) is 4.31. The van der Waals surface area contributed by atoms with Crippen LogP contribution in [0.3, 0.4) is 0 Å². The zero-order chi connectivity index (χ0) is 22.6. The van der Waals surface area contributed by atoms with Crippen molar-refractivity contribution in [1.82, 2.24) is 4.90 Å². The maximum absolute atomic E-state index is 12.9. The van der Waals surface area contributed by atoms with E-state index < -0.39 is 0 Å². The van der Waals surface area contributed by atoms with Gasteiger partial charge in [0.15, 0.2) is 11.5 Å². The number of carbonyl (C=O) groups excluding carboxylic acids is 1. The molecule has 170 valence electrons. The van der Waals surface area contributed by atoms with E-state index in [9.17, 15) is 4.79 Å². The Morgan fingerprint density at radius 1 is 0.970 bits per heavy atom. The lowest BCUT2D eigenvalue weighted by Gasteiger charge is -2.32. The second kappa shape index (κ2) is 9.55. The van der Waals surface area contributed by atoms with Crippen molar-refractivity contribution in [2.45, 2.75) is 25.5 Å². The summed E-state index contributed by atoms with van der Waals surface area (Å²) in [5.41, 5.74) is 2.72. The van der Waals surface area contributed by atoms with Crippen molar-refractivity contribution in [3.63, 3.8) is 0 Å². The van der Waals surface area contributed by atoms with Gasteiger partial charge in [-0.3, -0.25) is 9.69 Å². The van der Waals surface area contributed by atoms with Crippen molar-refractivity contribution >= 4 is 11.6 Å². The molecule has 0 N–H and O–H groups in total. The van der Waals surface area contributed by atoms with E-state index in [1.54, 1.807) is 30.1 Å². The van der Waals surface area contributed by atoms with Gasteiger partial charge in [0.05, 0.1) is 0 Å². The predicted molar refractivity (Wildman–Crippen MR) is 127 cm³/mol. The quantitative estimate of drug-likeness (QED) is 0.550. The molecule has 3 aromatic carbocycles. The number of hydrogen-bond donors (Lipinski definition) is 0. The molecule has 2 aliphatic rings. The Balaban J connectivity index is 1.14. The summed E-state index contributed by atoms with van der Waals surface area (Å²) in [6.45, 7) is 3.25. The topological polar surface area (TPSA) is 51.2 Å². The van der Waals surface area contributed by atoms with Crippen LogP contribution in [0.1, 0.15) is 28.8 Å². The summed E-state index contributed by atoms with van der Waals surface area (Å²) in [7, 11) is 1.77. The van der Waals surface area contributed by atoms with Gasteiger partial charge < -0.3 is 19.1 Å². The fraction of sp³-hybridized carbons (Fsp3) is 0.296. The number of ether oxygens (including phenoxy) is 3. The normalized spacial score (nSPS) is 15.9. The number of amides is 1. The average Bonchev–Trinajstić information content (AvgIpc) is 3.33. The van der Waals surface area contributed by atoms with Crippen LogP contribution in [-0.4, -0.2) is 43.8 Å². The van der Waals surface area contributed by atoms with Crippen LogP contribution in [0.5, 0.6) is 17.2 Å². The lowest BCUT2D eigenvalue weighted by atomic mass is 10.1. The molecule has 33 heavy (non-hydrogen) atoms. The third kappa shape index (κ3) is 4.96. The highest BCUT2D eigenvalue weighted by atomic mass is 16.7. The first-order valence-electron chi connectivity index (χ1n) is 11.4. The number of likely N-dealkylation sites (tertiary alicyclic amines) is 1. The molecule has 3 aromatic rings. The van der Waals surface area contributed by atoms with E-state index in [4.69, 9.17) is 14.2 Å². The van der Waals surface area contributed by atoms with Gasteiger partial charge in [-0.1, -0.05) is 30.3 Å². The maximum Gasteiger partial charge on any atom is 0.258 e. The first-order chi connectivity index (χ1) is 16.2. The third-order valence-corrected chi connectivity index (χ3v) is 6.23. The van der Waals surface area contributed by atoms with Crippen LogP contribution in [0.15, 0.2) is 72.8 Å². The van der Waals surface area contributed by atoms with Gasteiger partial charge >= 0.3 is 0 Å². The minimum atomic E-state index is -0.104. The monoisotopic (exact) mass is 444 g/mol. The van der Waals surface area contributed by atoms with Crippen molar-refractivity contribution in [2.75, 3.05) is 31.8 Å². The molecule has 5 rings (SSSR count). The number of piperidine rings is 1. The van der Waals surface area contributed by atoms with Gasteiger partial charge in [-0.2, -0.15) is 0 Å². The Labute approximate surface area is 194 Å². The number of carbonyl (C=O) groups is 1. The first kappa shape index (κ1) is 21.3. The SMILES string of the molecule is CN(C(=O)c1ccc2c(c1)OCO2)c1ccc(OC2CCN(Cc3ccccc3)CC2)cc1. The Hall–Kier alpha value is -3.51. The van der Waals surface area contributed by atoms with E-state index in [1.807, 2.05) is 24.3 Å². The van der Waals surface area contributed by atoms with Gasteiger partial charge in [-0.15, -0.1) is 0 Å². The van der Waals surface area contributed by atoms with Gasteiger partial charge in [-0.25, -0.2) is 0 Å². The molecule has 2 heterocycles. The Morgan fingerprint density at radius 3 is 2.45 bits per heavy atom. The van der Waals surface area contributed by atoms with Crippen LogP contribution in [-0.2, 0) is 6.54 Å². The summed E-state index contributed by atoms with van der Waals surface area (Å²) in [5.74, 6) is 2.01. The smallest absolute Gasteiger partial charge is 0.258 e. The molecule has 0 bridgehead atoms. The van der Waals surface area contributed by atoms with Crippen LogP contribution in [0.4, 0.5) is 5.69 Å². The predicted octanol–water partition coefficient (Wildman–Crippen LogP) is 4.74. The molecule has 0 unspecified atom stereocenters. The maximum atomic E-state index is 12.9. The fourth-order valence-electron chi connectivity index (χ4n) is 4.31. The highest BCUT2D eigenvalue weighted by Gasteiger charge is 2.22. The van der Waals surface area contributed by atoms with Crippen molar-refractivity contribution in [3.8, 4) is 17.2 Å². The lowest BCUT2D eigenvalue weighted by Crippen LogP contribution is -2.37. The largest absolute Gasteiger partial charge is 0.490 e. The molecule has 0 aliphatic carbocycles. The summed E-state index contributed by atoms with van der Waals surface area (Å²) in [6, 6.07) is 23.6. The highest BCUT2D eigenvalue weighted by Crippen LogP contribution is 2.33. The molecule has 0 aromatic heterocycles. The highest BCUT2D eigenvalue weighted by molar-refractivity contribution is 6.06. The molecule has 1 saturated heterocycles. The van der Waals surface area contributed by atoms with E-state index in [0.717, 1.165) is 43.9 Å². The Morgan fingerprint density at radius 2 is 1.70 bits per heavy atom. The Kier molecular flexibility index (Phi) is 6.17. The van der Waals surface area contributed by atoms with Crippen LogP contribution >= 0.6 is 0 Å². The van der Waals surface area contributed by atoms with Gasteiger partial charge in [0.2, 0.25) is 6.79 Å². The van der Waals surface area contributed by atoms with E-state index in [-0.39, 0.29) is 18.8 Å². The van der Waals surface area contributed by atoms with Gasteiger partial charge in [0.25, 0.3) is 5.91 Å². The Bertz CT molecular complexity index is 1090. The van der Waals surface area contributed by atoms with Crippen molar-refractivity contribution in [2.24, 2.45) is 0 Å². The van der Waals surface area contributed by atoms with E-state index >= 15 is 0 Å². The summed E-state index contributed by atoms with van der Waals surface area (Å²) >= 11 is 0. The molecule has 0 radical (unpaired) electrons. The second-order valence-electron chi connectivity index (χ2n) is 8.51. The second-order valence-corrected chi connectivity index (χ2v) is 8.51. The van der Waals surface area contributed by atoms with Crippen LogP contribution in [0.2, 0.25) is 0 Å². The summed E-state index contributed by atoms with van der Waals surface area (Å²) in [4.78, 5) is 17.0. The molecule has 0 saturated carbocycles. The summed E-state index contributed by atoms with van der Waals surface area (Å²) in [6.07, 6.45) is 2.24. The van der Waals surface area contributed by atoms with E-state index in [0.29, 0.717) is 17.1 Å². The zero-order valence-electron chi connectivity index (χ0n) is 18.8. The van der Waals surface area contributed by atoms with Crippen LogP contribution in [0.25, 0.3) is 0 Å². The average molecular weight is 445 g/mol. The molecule has 6 nitrogen and oxygen atoms in total. The van der Waals surface area contributed by atoms with E-state index in [2.05, 4.69) is 35.2 Å². The minimum Gasteiger partial charge on any atom is -0.490 e. The molecule has 0 spiro atoms. The van der Waals surface area contributed by atoms with Gasteiger partial charge in [0, 0.05) is 37.9 Å². The summed E-state index contributed by atoms with van der Waals surface area (Å²) < 4.78 is 16.9. The van der Waals surface area contributed by atoms with Gasteiger partial charge in [-0.05, 0) is 60.9 Å². The van der Waals surface area contributed by atoms with Gasteiger partial charge in [0.1, 0.15) is 11.9 Å². The van der Waals surface area contributed by atoms with Crippen molar-refractivity contribution in [3.05, 3.63) is 83.9 Å².